The summed E-state index contributed by atoms with van der Waals surface area (Å²) in [6.07, 6.45) is 1.94. The van der Waals surface area contributed by atoms with Crippen LogP contribution in [0, 0.1) is 11.8 Å². The first-order valence-corrected chi connectivity index (χ1v) is 9.92. The minimum Gasteiger partial charge on any atom is -0.469 e. The van der Waals surface area contributed by atoms with E-state index >= 15 is 0 Å². The second-order valence-corrected chi connectivity index (χ2v) is 7.59. The smallest absolute Gasteiger partial charge is 0.309 e. The number of methoxy groups -OCH3 is 1. The number of halogens is 1. The van der Waals surface area contributed by atoms with E-state index in [4.69, 9.17) is 4.74 Å². The van der Waals surface area contributed by atoms with Crippen LogP contribution in [0.4, 0.5) is 0 Å². The summed E-state index contributed by atoms with van der Waals surface area (Å²) in [6.45, 7) is 2.40. The van der Waals surface area contributed by atoms with E-state index in [1.807, 2.05) is 42.5 Å². The lowest BCUT2D eigenvalue weighted by Gasteiger charge is -2.09. The van der Waals surface area contributed by atoms with Crippen molar-refractivity contribution in [2.24, 2.45) is 11.8 Å². The Labute approximate surface area is 177 Å². The first kappa shape index (κ1) is 21.3. The number of ether oxygens (including phenoxy) is 1. The van der Waals surface area contributed by atoms with E-state index in [-0.39, 0.29) is 42.0 Å². The summed E-state index contributed by atoms with van der Waals surface area (Å²) >= 11 is 0. The molecule has 1 amide bonds. The van der Waals surface area contributed by atoms with Gasteiger partial charge in [0, 0.05) is 18.0 Å². The van der Waals surface area contributed by atoms with Crippen LogP contribution < -0.4 is 10.6 Å². The molecule has 1 aliphatic carbocycles. The van der Waals surface area contributed by atoms with Gasteiger partial charge in [0.15, 0.2) is 0 Å². The Morgan fingerprint density at radius 2 is 1.79 bits per heavy atom. The Morgan fingerprint density at radius 1 is 1.07 bits per heavy atom. The van der Waals surface area contributed by atoms with Crippen molar-refractivity contribution in [1.82, 2.24) is 10.6 Å². The highest BCUT2D eigenvalue weighted by molar-refractivity contribution is 5.94. The van der Waals surface area contributed by atoms with Crippen molar-refractivity contribution in [3.05, 3.63) is 70.8 Å². The molecule has 1 heterocycles. The average Bonchev–Trinajstić information content (AvgIpc) is 3.50. The first-order valence-electron chi connectivity index (χ1n) is 9.92. The van der Waals surface area contributed by atoms with Crippen LogP contribution in [0.25, 0.3) is 0 Å². The van der Waals surface area contributed by atoms with Gasteiger partial charge in [-0.05, 0) is 60.7 Å². The number of carbonyl (C=O) groups excluding carboxylic acids is 2. The van der Waals surface area contributed by atoms with Crippen molar-refractivity contribution in [1.29, 1.82) is 0 Å². The second-order valence-electron chi connectivity index (χ2n) is 7.59. The molecule has 0 bridgehead atoms. The van der Waals surface area contributed by atoms with Gasteiger partial charge in [-0.3, -0.25) is 9.59 Å². The Kier molecular flexibility index (Phi) is 6.93. The minimum atomic E-state index is -0.203. The lowest BCUT2D eigenvalue weighted by Crippen LogP contribution is -2.27. The van der Waals surface area contributed by atoms with Gasteiger partial charge in [0.2, 0.25) is 0 Å². The van der Waals surface area contributed by atoms with Crippen LogP contribution in [0.1, 0.15) is 33.0 Å². The molecule has 2 aromatic carbocycles. The molecule has 4 rings (SSSR count). The number of carbonyl (C=O) groups is 2. The molecule has 3 unspecified atom stereocenters. The van der Waals surface area contributed by atoms with Crippen LogP contribution in [0.5, 0.6) is 0 Å². The molecule has 0 aromatic heterocycles. The summed E-state index contributed by atoms with van der Waals surface area (Å²) in [7, 11) is 1.42. The monoisotopic (exact) mass is 414 g/mol. The maximum absolute atomic E-state index is 12.7. The van der Waals surface area contributed by atoms with Crippen LogP contribution in [-0.4, -0.2) is 38.6 Å². The maximum atomic E-state index is 12.7. The number of nitrogens with one attached hydrogen (secondary N) is 2. The summed E-state index contributed by atoms with van der Waals surface area (Å²) in [5, 5.41) is 6.42. The normalized spacial score (nSPS) is 22.4. The van der Waals surface area contributed by atoms with E-state index in [1.165, 1.54) is 18.2 Å². The first-order chi connectivity index (χ1) is 13.7. The molecule has 6 heteroatoms. The van der Waals surface area contributed by atoms with E-state index in [0.29, 0.717) is 12.1 Å². The molecular weight excluding hydrogens is 388 g/mol. The third-order valence-corrected chi connectivity index (χ3v) is 5.94. The van der Waals surface area contributed by atoms with Crippen LogP contribution in [0.15, 0.2) is 48.5 Å². The van der Waals surface area contributed by atoms with E-state index in [9.17, 15) is 9.59 Å². The number of amides is 1. The van der Waals surface area contributed by atoms with Gasteiger partial charge in [-0.15, -0.1) is 12.4 Å². The van der Waals surface area contributed by atoms with Gasteiger partial charge >= 0.3 is 5.97 Å². The van der Waals surface area contributed by atoms with Crippen molar-refractivity contribution in [2.45, 2.75) is 18.8 Å². The number of fused-ring (bicyclic) bond motifs is 1. The highest BCUT2D eigenvalue weighted by atomic mass is 35.5. The summed E-state index contributed by atoms with van der Waals surface area (Å²) < 4.78 is 4.96. The predicted molar refractivity (Wildman–Crippen MR) is 114 cm³/mol. The van der Waals surface area contributed by atoms with Gasteiger partial charge in [-0.2, -0.15) is 0 Å². The van der Waals surface area contributed by atoms with Gasteiger partial charge in [0.25, 0.3) is 5.91 Å². The van der Waals surface area contributed by atoms with Crippen molar-refractivity contribution in [3.63, 3.8) is 0 Å². The fourth-order valence-electron chi connectivity index (χ4n) is 4.34. The molecule has 2 N–H and O–H groups in total. The lowest BCUT2D eigenvalue weighted by atomic mass is 10.00. The molecule has 29 heavy (non-hydrogen) atoms. The highest BCUT2D eigenvalue weighted by Gasteiger charge is 2.56. The second kappa shape index (κ2) is 9.42. The van der Waals surface area contributed by atoms with Crippen molar-refractivity contribution in [2.75, 3.05) is 26.7 Å². The largest absolute Gasteiger partial charge is 0.469 e. The number of esters is 1. The quantitative estimate of drug-likeness (QED) is 0.738. The molecule has 154 valence electrons. The van der Waals surface area contributed by atoms with Gasteiger partial charge in [0.05, 0.1) is 13.0 Å². The SMILES string of the molecule is COC(=O)C1C(CNC(=O)c2ccc3c(c2)CCNCC3)C1c1ccccc1.Cl. The van der Waals surface area contributed by atoms with Gasteiger partial charge in [-0.25, -0.2) is 0 Å². The van der Waals surface area contributed by atoms with E-state index in [1.54, 1.807) is 0 Å². The van der Waals surface area contributed by atoms with Gasteiger partial charge in [-0.1, -0.05) is 36.4 Å². The van der Waals surface area contributed by atoms with Crippen molar-refractivity contribution >= 4 is 24.3 Å². The van der Waals surface area contributed by atoms with Crippen LogP contribution in [0.3, 0.4) is 0 Å². The lowest BCUT2D eigenvalue weighted by molar-refractivity contribution is -0.142. The van der Waals surface area contributed by atoms with E-state index in [2.05, 4.69) is 16.7 Å². The standard InChI is InChI=1S/C23H26N2O3.ClH/c1-28-23(27)21-19(20(21)16-5-3-2-4-6-16)14-25-22(26)18-8-7-15-9-11-24-12-10-17(15)13-18;/h2-8,13,19-21,24H,9-12,14H2,1H3,(H,25,26);1H. The Morgan fingerprint density at radius 3 is 2.52 bits per heavy atom. The fraction of sp³-hybridized carbons (Fsp3) is 0.391. The highest BCUT2D eigenvalue weighted by Crippen LogP contribution is 2.54. The molecule has 2 aromatic rings. The Hall–Kier alpha value is -2.37. The molecule has 1 fully saturated rings. The zero-order chi connectivity index (χ0) is 19.5. The van der Waals surface area contributed by atoms with Crippen LogP contribution in [-0.2, 0) is 22.4 Å². The summed E-state index contributed by atoms with van der Waals surface area (Å²) in [6, 6.07) is 16.0. The van der Waals surface area contributed by atoms with E-state index < -0.39 is 0 Å². The molecule has 0 radical (unpaired) electrons. The fourth-order valence-corrected chi connectivity index (χ4v) is 4.34. The Bertz CT molecular complexity index is 872. The molecule has 3 atom stereocenters. The minimum absolute atomic E-state index is 0. The summed E-state index contributed by atoms with van der Waals surface area (Å²) in [5.41, 5.74) is 4.37. The molecule has 1 aliphatic heterocycles. The molecular formula is C23H27ClN2O3. The van der Waals surface area contributed by atoms with Gasteiger partial charge < -0.3 is 15.4 Å². The van der Waals surface area contributed by atoms with Crippen molar-refractivity contribution in [3.8, 4) is 0 Å². The number of benzene rings is 2. The van der Waals surface area contributed by atoms with E-state index in [0.717, 1.165) is 31.5 Å². The third kappa shape index (κ3) is 4.62. The summed E-state index contributed by atoms with van der Waals surface area (Å²) in [5.74, 6) is -0.297. The molecule has 0 spiro atoms. The molecule has 1 saturated carbocycles. The zero-order valence-corrected chi connectivity index (χ0v) is 17.3. The third-order valence-electron chi connectivity index (χ3n) is 5.94. The number of hydrogen-bond acceptors (Lipinski definition) is 4. The Balaban J connectivity index is 0.00000240. The predicted octanol–water partition coefficient (Wildman–Crippen LogP) is 2.73. The van der Waals surface area contributed by atoms with Crippen LogP contribution in [0.2, 0.25) is 0 Å². The van der Waals surface area contributed by atoms with Crippen molar-refractivity contribution < 1.29 is 14.3 Å². The van der Waals surface area contributed by atoms with Crippen LogP contribution >= 0.6 is 12.4 Å². The maximum Gasteiger partial charge on any atom is 0.309 e. The van der Waals surface area contributed by atoms with Gasteiger partial charge in [0.1, 0.15) is 0 Å². The topological polar surface area (TPSA) is 67.4 Å². The number of hydrogen-bond donors (Lipinski definition) is 2. The molecule has 2 aliphatic rings. The summed E-state index contributed by atoms with van der Waals surface area (Å²) in [4.78, 5) is 24.8. The molecule has 0 saturated heterocycles. The zero-order valence-electron chi connectivity index (χ0n) is 16.5. The molecule has 5 nitrogen and oxygen atoms in total. The number of rotatable bonds is 5. The average molecular weight is 415 g/mol.